The van der Waals surface area contributed by atoms with E-state index in [2.05, 4.69) is 12.2 Å². The van der Waals surface area contributed by atoms with Crippen molar-refractivity contribution in [1.29, 1.82) is 0 Å². The van der Waals surface area contributed by atoms with Crippen molar-refractivity contribution in [2.45, 2.75) is 51.2 Å². The Kier molecular flexibility index (Phi) is 4.62. The second kappa shape index (κ2) is 5.55. The number of nitrogens with one attached hydrogen (secondary N) is 1. The molecular formula is C10H21NO. The van der Waals surface area contributed by atoms with E-state index >= 15 is 0 Å². The summed E-state index contributed by atoms with van der Waals surface area (Å²) < 4.78 is 5.87. The van der Waals surface area contributed by atoms with E-state index in [1.54, 1.807) is 0 Å². The summed E-state index contributed by atoms with van der Waals surface area (Å²) in [6.07, 6.45) is 7.58. The van der Waals surface area contributed by atoms with Crippen molar-refractivity contribution in [2.24, 2.45) is 0 Å². The van der Waals surface area contributed by atoms with Gasteiger partial charge in [-0.05, 0) is 26.8 Å². The normalized spacial score (nSPS) is 22.5. The van der Waals surface area contributed by atoms with Gasteiger partial charge in [0.25, 0.3) is 0 Å². The third kappa shape index (κ3) is 3.55. The highest BCUT2D eigenvalue weighted by atomic mass is 16.5. The highest BCUT2D eigenvalue weighted by Crippen LogP contribution is 2.21. The molecule has 1 atom stereocenters. The summed E-state index contributed by atoms with van der Waals surface area (Å²) in [4.78, 5) is 0. The minimum absolute atomic E-state index is 0.373. The van der Waals surface area contributed by atoms with Crippen molar-refractivity contribution >= 4 is 0 Å². The minimum atomic E-state index is 0.373. The number of rotatable bonds is 4. The van der Waals surface area contributed by atoms with E-state index < -0.39 is 0 Å². The maximum absolute atomic E-state index is 5.87. The van der Waals surface area contributed by atoms with Gasteiger partial charge in [0.2, 0.25) is 0 Å². The molecule has 1 aliphatic carbocycles. The van der Waals surface area contributed by atoms with E-state index in [-0.39, 0.29) is 0 Å². The van der Waals surface area contributed by atoms with Crippen LogP contribution in [0.2, 0.25) is 0 Å². The predicted octanol–water partition coefficient (Wildman–Crippen LogP) is 1.94. The van der Waals surface area contributed by atoms with Crippen LogP contribution in [0.1, 0.15) is 39.0 Å². The van der Waals surface area contributed by atoms with Crippen LogP contribution in [0.4, 0.5) is 0 Å². The van der Waals surface area contributed by atoms with Gasteiger partial charge in [0.15, 0.2) is 0 Å². The molecule has 0 spiro atoms. The van der Waals surface area contributed by atoms with Crippen LogP contribution in [-0.4, -0.2) is 25.8 Å². The van der Waals surface area contributed by atoms with Crippen LogP contribution in [0, 0.1) is 0 Å². The molecule has 1 rings (SSSR count). The van der Waals surface area contributed by atoms with Crippen molar-refractivity contribution in [3.8, 4) is 0 Å². The van der Waals surface area contributed by atoms with Crippen molar-refractivity contribution in [1.82, 2.24) is 5.32 Å². The molecule has 1 N–H and O–H groups in total. The highest BCUT2D eigenvalue weighted by molar-refractivity contribution is 4.67. The van der Waals surface area contributed by atoms with Gasteiger partial charge in [-0.2, -0.15) is 0 Å². The van der Waals surface area contributed by atoms with Crippen LogP contribution in [0.3, 0.4) is 0 Å². The number of likely N-dealkylation sites (N-methyl/N-ethyl adjacent to an activating group) is 1. The molecule has 0 aromatic heterocycles. The summed E-state index contributed by atoms with van der Waals surface area (Å²) in [6.45, 7) is 3.11. The van der Waals surface area contributed by atoms with Gasteiger partial charge >= 0.3 is 0 Å². The van der Waals surface area contributed by atoms with Gasteiger partial charge in [-0.25, -0.2) is 0 Å². The first-order valence-corrected chi connectivity index (χ1v) is 5.13. The van der Waals surface area contributed by atoms with E-state index in [1.165, 1.54) is 32.1 Å². The van der Waals surface area contributed by atoms with E-state index in [0.29, 0.717) is 12.2 Å². The molecule has 2 nitrogen and oxygen atoms in total. The topological polar surface area (TPSA) is 21.3 Å². The second-order valence-electron chi connectivity index (χ2n) is 3.76. The third-order valence-electron chi connectivity index (χ3n) is 2.47. The Balaban J connectivity index is 2.11. The molecule has 1 saturated carbocycles. The van der Waals surface area contributed by atoms with Crippen molar-refractivity contribution in [2.75, 3.05) is 13.6 Å². The van der Waals surface area contributed by atoms with Crippen LogP contribution >= 0.6 is 0 Å². The molecule has 1 aliphatic rings. The summed E-state index contributed by atoms with van der Waals surface area (Å²) in [6, 6.07) is 0. The Morgan fingerprint density at radius 3 is 2.58 bits per heavy atom. The fourth-order valence-corrected chi connectivity index (χ4v) is 1.87. The zero-order chi connectivity index (χ0) is 8.81. The predicted molar refractivity (Wildman–Crippen MR) is 51.3 cm³/mol. The molecule has 0 aromatic carbocycles. The Bertz CT molecular complexity index is 110. The van der Waals surface area contributed by atoms with Crippen LogP contribution in [-0.2, 0) is 4.74 Å². The van der Waals surface area contributed by atoms with Gasteiger partial charge in [-0.3, -0.25) is 0 Å². The molecular weight excluding hydrogens is 150 g/mol. The van der Waals surface area contributed by atoms with Crippen LogP contribution in [0.5, 0.6) is 0 Å². The third-order valence-corrected chi connectivity index (χ3v) is 2.47. The second-order valence-corrected chi connectivity index (χ2v) is 3.76. The molecule has 1 unspecified atom stereocenters. The number of ether oxygens (including phenoxy) is 1. The smallest absolute Gasteiger partial charge is 0.0674 e. The number of hydrogen-bond donors (Lipinski definition) is 1. The molecule has 0 bridgehead atoms. The lowest BCUT2D eigenvalue weighted by Crippen LogP contribution is -2.29. The zero-order valence-electron chi connectivity index (χ0n) is 8.31. The van der Waals surface area contributed by atoms with E-state index in [4.69, 9.17) is 4.74 Å². The lowest BCUT2D eigenvalue weighted by atomic mass is 9.98. The van der Waals surface area contributed by atoms with Gasteiger partial charge in [-0.1, -0.05) is 19.3 Å². The summed E-state index contributed by atoms with van der Waals surface area (Å²) in [5.74, 6) is 0. The summed E-state index contributed by atoms with van der Waals surface area (Å²) in [7, 11) is 1.97. The summed E-state index contributed by atoms with van der Waals surface area (Å²) in [5.41, 5.74) is 0. The molecule has 0 heterocycles. The SMILES string of the molecule is CNCC(C)OC1CCCCC1. The molecule has 0 aliphatic heterocycles. The highest BCUT2D eigenvalue weighted by Gasteiger charge is 2.15. The standard InChI is InChI=1S/C10H21NO/c1-9(8-11-2)12-10-6-4-3-5-7-10/h9-11H,3-8H2,1-2H3. The van der Waals surface area contributed by atoms with Crippen LogP contribution in [0.15, 0.2) is 0 Å². The zero-order valence-corrected chi connectivity index (χ0v) is 8.31. The van der Waals surface area contributed by atoms with E-state index in [0.717, 1.165) is 6.54 Å². The van der Waals surface area contributed by atoms with Gasteiger partial charge < -0.3 is 10.1 Å². The molecule has 0 amide bonds. The first-order valence-electron chi connectivity index (χ1n) is 5.13. The van der Waals surface area contributed by atoms with E-state index in [1.807, 2.05) is 7.05 Å². The molecule has 2 heteroatoms. The Labute approximate surface area is 75.7 Å². The van der Waals surface area contributed by atoms with Crippen LogP contribution in [0.25, 0.3) is 0 Å². The largest absolute Gasteiger partial charge is 0.374 e. The summed E-state index contributed by atoms with van der Waals surface area (Å²) >= 11 is 0. The van der Waals surface area contributed by atoms with Gasteiger partial charge in [0.05, 0.1) is 12.2 Å². The molecule has 0 radical (unpaired) electrons. The first-order chi connectivity index (χ1) is 5.83. The maximum atomic E-state index is 5.87. The first kappa shape index (κ1) is 10.0. The van der Waals surface area contributed by atoms with Gasteiger partial charge in [0, 0.05) is 6.54 Å². The molecule has 1 fully saturated rings. The van der Waals surface area contributed by atoms with Gasteiger partial charge in [-0.15, -0.1) is 0 Å². The Morgan fingerprint density at radius 1 is 1.33 bits per heavy atom. The lowest BCUT2D eigenvalue weighted by molar-refractivity contribution is -0.0190. The minimum Gasteiger partial charge on any atom is -0.374 e. The summed E-state index contributed by atoms with van der Waals surface area (Å²) in [5, 5.41) is 3.13. The van der Waals surface area contributed by atoms with Crippen molar-refractivity contribution < 1.29 is 4.74 Å². The maximum Gasteiger partial charge on any atom is 0.0674 e. The Morgan fingerprint density at radius 2 is 2.00 bits per heavy atom. The average molecular weight is 171 g/mol. The van der Waals surface area contributed by atoms with Crippen molar-refractivity contribution in [3.63, 3.8) is 0 Å². The fraction of sp³-hybridized carbons (Fsp3) is 1.00. The molecule has 72 valence electrons. The Hall–Kier alpha value is -0.0800. The molecule has 0 aromatic rings. The quantitative estimate of drug-likeness (QED) is 0.698. The van der Waals surface area contributed by atoms with Crippen molar-refractivity contribution in [3.05, 3.63) is 0 Å². The van der Waals surface area contributed by atoms with Gasteiger partial charge in [0.1, 0.15) is 0 Å². The van der Waals surface area contributed by atoms with Crippen LogP contribution < -0.4 is 5.32 Å². The number of hydrogen-bond acceptors (Lipinski definition) is 2. The lowest BCUT2D eigenvalue weighted by Gasteiger charge is -2.25. The molecule has 12 heavy (non-hydrogen) atoms. The monoisotopic (exact) mass is 171 g/mol. The average Bonchev–Trinajstić information content (AvgIpc) is 2.06. The molecule has 0 saturated heterocycles. The fourth-order valence-electron chi connectivity index (χ4n) is 1.87. The van der Waals surface area contributed by atoms with E-state index in [9.17, 15) is 0 Å².